The summed E-state index contributed by atoms with van der Waals surface area (Å²) in [7, 11) is 0. The van der Waals surface area contributed by atoms with Gasteiger partial charge in [-0.2, -0.15) is 0 Å². The minimum absolute atomic E-state index is 0.0387. The van der Waals surface area contributed by atoms with E-state index in [0.717, 1.165) is 24.0 Å². The lowest BCUT2D eigenvalue weighted by Crippen LogP contribution is -2.25. The van der Waals surface area contributed by atoms with Gasteiger partial charge in [-0.1, -0.05) is 30.3 Å². The molecule has 146 valence electrons. The number of benzene rings is 3. The van der Waals surface area contributed by atoms with Crippen molar-refractivity contribution in [3.63, 3.8) is 0 Å². The van der Waals surface area contributed by atoms with Gasteiger partial charge in [0.15, 0.2) is 5.78 Å². The van der Waals surface area contributed by atoms with E-state index in [-0.39, 0.29) is 17.5 Å². The molecule has 0 spiro atoms. The van der Waals surface area contributed by atoms with Crippen LogP contribution in [0.25, 0.3) is 11.1 Å². The molecule has 0 aliphatic heterocycles. The standard InChI is InChI=1S/C24H20FNO3/c25-17-8-10-18(11-9-17)29-14-4-3-13-26-24(28)16-7-12-20-19-5-1-2-6-21(19)23(27)22(20)15-16/h1-2,5-12,15H,3-4,13-14H2,(H,26,28). The van der Waals surface area contributed by atoms with Crippen molar-refractivity contribution in [2.75, 3.05) is 13.2 Å². The van der Waals surface area contributed by atoms with Crippen LogP contribution >= 0.6 is 0 Å². The molecule has 0 radical (unpaired) electrons. The van der Waals surface area contributed by atoms with E-state index in [1.54, 1.807) is 24.3 Å². The highest BCUT2D eigenvalue weighted by atomic mass is 19.1. The summed E-state index contributed by atoms with van der Waals surface area (Å²) in [5, 5.41) is 2.88. The summed E-state index contributed by atoms with van der Waals surface area (Å²) in [6.45, 7) is 1.00. The summed E-state index contributed by atoms with van der Waals surface area (Å²) in [4.78, 5) is 25.0. The third kappa shape index (κ3) is 4.04. The van der Waals surface area contributed by atoms with Gasteiger partial charge in [0.1, 0.15) is 11.6 Å². The summed E-state index contributed by atoms with van der Waals surface area (Å²) in [6, 6.07) is 18.6. The Morgan fingerprint density at radius 1 is 0.862 bits per heavy atom. The molecule has 0 unspecified atom stereocenters. The van der Waals surface area contributed by atoms with Crippen LogP contribution in [-0.4, -0.2) is 24.8 Å². The van der Waals surface area contributed by atoms with Crippen LogP contribution < -0.4 is 10.1 Å². The van der Waals surface area contributed by atoms with E-state index in [1.807, 2.05) is 30.3 Å². The maximum Gasteiger partial charge on any atom is 0.251 e. The first-order valence-electron chi connectivity index (χ1n) is 9.58. The molecule has 1 N–H and O–H groups in total. The molecule has 0 atom stereocenters. The average molecular weight is 389 g/mol. The number of fused-ring (bicyclic) bond motifs is 3. The number of amides is 1. The summed E-state index contributed by atoms with van der Waals surface area (Å²) in [6.07, 6.45) is 1.51. The number of ketones is 1. The van der Waals surface area contributed by atoms with Crippen molar-refractivity contribution in [3.05, 3.63) is 89.2 Å². The molecule has 0 saturated heterocycles. The van der Waals surface area contributed by atoms with Crippen molar-refractivity contribution < 1.29 is 18.7 Å². The number of carbonyl (C=O) groups excluding carboxylic acids is 2. The molecule has 0 heterocycles. The monoisotopic (exact) mass is 389 g/mol. The second-order valence-electron chi connectivity index (χ2n) is 6.90. The van der Waals surface area contributed by atoms with Crippen molar-refractivity contribution in [3.8, 4) is 16.9 Å². The SMILES string of the molecule is O=C(NCCCCOc1ccc(F)cc1)c1ccc2c(c1)C(=O)c1ccccc1-2. The second kappa shape index (κ2) is 8.27. The number of halogens is 1. The first-order chi connectivity index (χ1) is 14.1. The van der Waals surface area contributed by atoms with Crippen LogP contribution in [0.5, 0.6) is 5.75 Å². The lowest BCUT2D eigenvalue weighted by Gasteiger charge is -2.08. The Kier molecular flexibility index (Phi) is 5.38. The Labute approximate surface area is 168 Å². The highest BCUT2D eigenvalue weighted by molar-refractivity contribution is 6.22. The first-order valence-corrected chi connectivity index (χ1v) is 9.58. The van der Waals surface area contributed by atoms with Crippen LogP contribution in [0, 0.1) is 5.82 Å². The summed E-state index contributed by atoms with van der Waals surface area (Å²) < 4.78 is 18.4. The Bertz CT molecular complexity index is 1060. The molecular formula is C24H20FNO3. The van der Waals surface area contributed by atoms with Gasteiger partial charge in [0.05, 0.1) is 6.61 Å². The molecule has 0 fully saturated rings. The fourth-order valence-corrected chi connectivity index (χ4v) is 3.42. The quantitative estimate of drug-likeness (QED) is 0.469. The van der Waals surface area contributed by atoms with Crippen molar-refractivity contribution in [1.82, 2.24) is 5.32 Å². The van der Waals surface area contributed by atoms with Crippen LogP contribution in [0.2, 0.25) is 0 Å². The van der Waals surface area contributed by atoms with Crippen LogP contribution in [0.15, 0.2) is 66.7 Å². The van der Waals surface area contributed by atoms with Crippen molar-refractivity contribution in [1.29, 1.82) is 0 Å². The number of ether oxygens (including phenoxy) is 1. The van der Waals surface area contributed by atoms with Crippen molar-refractivity contribution in [2.24, 2.45) is 0 Å². The summed E-state index contributed by atoms with van der Waals surface area (Å²) in [5.41, 5.74) is 3.53. The number of hydrogen-bond acceptors (Lipinski definition) is 3. The van der Waals surface area contributed by atoms with Crippen LogP contribution in [0.1, 0.15) is 39.1 Å². The van der Waals surface area contributed by atoms with Crippen molar-refractivity contribution in [2.45, 2.75) is 12.8 Å². The lowest BCUT2D eigenvalue weighted by atomic mass is 10.0. The van der Waals surface area contributed by atoms with Crippen LogP contribution in [0.4, 0.5) is 4.39 Å². The molecule has 29 heavy (non-hydrogen) atoms. The topological polar surface area (TPSA) is 55.4 Å². The van der Waals surface area contributed by atoms with Crippen LogP contribution in [-0.2, 0) is 0 Å². The zero-order valence-corrected chi connectivity index (χ0v) is 15.8. The van der Waals surface area contributed by atoms with Gasteiger partial charge >= 0.3 is 0 Å². The van der Waals surface area contributed by atoms with Gasteiger partial charge in [-0.15, -0.1) is 0 Å². The fourth-order valence-electron chi connectivity index (χ4n) is 3.42. The minimum atomic E-state index is -0.294. The molecule has 1 amide bonds. The molecule has 3 aromatic rings. The number of rotatable bonds is 7. The predicted octanol–water partition coefficient (Wildman–Crippen LogP) is 4.63. The zero-order chi connectivity index (χ0) is 20.2. The van der Waals surface area contributed by atoms with E-state index in [2.05, 4.69) is 5.32 Å². The van der Waals surface area contributed by atoms with Gasteiger partial charge in [-0.3, -0.25) is 9.59 Å². The molecule has 0 bridgehead atoms. The molecule has 1 aliphatic carbocycles. The Morgan fingerprint density at radius 2 is 1.59 bits per heavy atom. The van der Waals surface area contributed by atoms with Gasteiger partial charge < -0.3 is 10.1 Å². The number of hydrogen-bond donors (Lipinski definition) is 1. The van der Waals surface area contributed by atoms with Gasteiger partial charge in [0.25, 0.3) is 5.91 Å². The van der Waals surface area contributed by atoms with E-state index in [4.69, 9.17) is 4.74 Å². The normalized spacial score (nSPS) is 11.7. The molecule has 0 saturated carbocycles. The van der Waals surface area contributed by atoms with Gasteiger partial charge in [0.2, 0.25) is 0 Å². The first kappa shape index (κ1) is 18.9. The number of unbranched alkanes of at least 4 members (excludes halogenated alkanes) is 1. The predicted molar refractivity (Wildman–Crippen MR) is 109 cm³/mol. The number of nitrogens with one attached hydrogen (secondary N) is 1. The average Bonchev–Trinajstić information content (AvgIpc) is 3.04. The van der Waals surface area contributed by atoms with E-state index in [0.29, 0.717) is 35.6 Å². The second-order valence-corrected chi connectivity index (χ2v) is 6.90. The maximum atomic E-state index is 12.8. The molecule has 5 heteroatoms. The summed E-state index contributed by atoms with van der Waals surface area (Å²) >= 11 is 0. The fraction of sp³-hybridized carbons (Fsp3) is 0.167. The summed E-state index contributed by atoms with van der Waals surface area (Å²) in [5.74, 6) is 0.0932. The van der Waals surface area contributed by atoms with Crippen molar-refractivity contribution >= 4 is 11.7 Å². The zero-order valence-electron chi connectivity index (χ0n) is 15.8. The highest BCUT2D eigenvalue weighted by Crippen LogP contribution is 2.36. The Balaban J connectivity index is 1.27. The van der Waals surface area contributed by atoms with E-state index < -0.39 is 0 Å². The van der Waals surface area contributed by atoms with Gasteiger partial charge in [-0.25, -0.2) is 4.39 Å². The van der Waals surface area contributed by atoms with Gasteiger partial charge in [-0.05, 0) is 60.4 Å². The molecule has 1 aliphatic rings. The molecule has 4 rings (SSSR count). The molecule has 0 aromatic heterocycles. The third-order valence-corrected chi connectivity index (χ3v) is 4.93. The van der Waals surface area contributed by atoms with Crippen LogP contribution in [0.3, 0.4) is 0 Å². The largest absolute Gasteiger partial charge is 0.494 e. The van der Waals surface area contributed by atoms with Gasteiger partial charge in [0, 0.05) is 23.2 Å². The molecule has 3 aromatic carbocycles. The third-order valence-electron chi connectivity index (χ3n) is 4.93. The van der Waals surface area contributed by atoms with E-state index in [1.165, 1.54) is 12.1 Å². The minimum Gasteiger partial charge on any atom is -0.494 e. The van der Waals surface area contributed by atoms with E-state index >= 15 is 0 Å². The molecular weight excluding hydrogens is 369 g/mol. The maximum absolute atomic E-state index is 12.8. The Hall–Kier alpha value is -3.47. The Morgan fingerprint density at radius 3 is 2.38 bits per heavy atom. The number of carbonyl (C=O) groups is 2. The van der Waals surface area contributed by atoms with E-state index in [9.17, 15) is 14.0 Å². The smallest absolute Gasteiger partial charge is 0.251 e. The molecule has 4 nitrogen and oxygen atoms in total. The lowest BCUT2D eigenvalue weighted by molar-refractivity contribution is 0.0952. The highest BCUT2D eigenvalue weighted by Gasteiger charge is 2.26.